The highest BCUT2D eigenvalue weighted by atomic mass is 16.6. The van der Waals surface area contributed by atoms with Crippen molar-refractivity contribution in [1.29, 1.82) is 0 Å². The van der Waals surface area contributed by atoms with Crippen LogP contribution in [-0.4, -0.2) is 83.1 Å². The summed E-state index contributed by atoms with van der Waals surface area (Å²) in [4.78, 5) is 75.3. The van der Waals surface area contributed by atoms with Gasteiger partial charge in [-0.3, -0.25) is 19.2 Å². The smallest absolute Gasteiger partial charge is 0.346 e. The summed E-state index contributed by atoms with van der Waals surface area (Å²) < 4.78 is 18.8. The fourth-order valence-corrected chi connectivity index (χ4v) is 3.05. The lowest BCUT2D eigenvalue weighted by Gasteiger charge is -2.31. The lowest BCUT2D eigenvalue weighted by Crippen LogP contribution is -2.39. The van der Waals surface area contributed by atoms with Crippen molar-refractivity contribution in [2.45, 2.75) is 13.3 Å². The third-order valence-corrected chi connectivity index (χ3v) is 4.83. The molecule has 0 atom stereocenters. The van der Waals surface area contributed by atoms with Gasteiger partial charge < -0.3 is 28.7 Å². The molecule has 0 saturated heterocycles. The van der Waals surface area contributed by atoms with Gasteiger partial charge in [-0.1, -0.05) is 6.92 Å². The molecule has 0 spiro atoms. The van der Waals surface area contributed by atoms with Gasteiger partial charge in [-0.05, 0) is 12.1 Å². The summed E-state index contributed by atoms with van der Waals surface area (Å²) in [6.45, 7) is 0.132. The van der Waals surface area contributed by atoms with Crippen LogP contribution in [0.2, 0.25) is 0 Å². The number of fused-ring (bicyclic) bond motifs is 1. The second kappa shape index (κ2) is 11.1. The third kappa shape index (κ3) is 6.05. The maximum atomic E-state index is 12.2. The normalized spacial score (nSPS) is 11.9. The molecule has 2 rings (SSSR count). The van der Waals surface area contributed by atoms with Gasteiger partial charge in [-0.25, -0.2) is 9.59 Å². The first-order valence-electron chi connectivity index (χ1n) is 9.81. The van der Waals surface area contributed by atoms with E-state index in [1.807, 2.05) is 0 Å². The lowest BCUT2D eigenvalue weighted by molar-refractivity contribution is -0.141. The van der Waals surface area contributed by atoms with Gasteiger partial charge in [0.25, 0.3) is 0 Å². The van der Waals surface area contributed by atoms with Crippen LogP contribution in [0.3, 0.4) is 0 Å². The van der Waals surface area contributed by atoms with Gasteiger partial charge in [0.05, 0.1) is 50.4 Å². The van der Waals surface area contributed by atoms with Gasteiger partial charge in [-0.2, -0.15) is 0 Å². The molecule has 0 radical (unpaired) electrons. The van der Waals surface area contributed by atoms with Gasteiger partial charge in [-0.15, -0.1) is 0 Å². The van der Waals surface area contributed by atoms with Crippen LogP contribution in [0.1, 0.15) is 34.1 Å². The first kappa shape index (κ1) is 25.3. The van der Waals surface area contributed by atoms with Crippen LogP contribution in [0.4, 0.5) is 11.4 Å². The van der Waals surface area contributed by atoms with Crippen LogP contribution >= 0.6 is 0 Å². The van der Waals surface area contributed by atoms with Crippen molar-refractivity contribution in [2.75, 3.05) is 57.3 Å². The first-order chi connectivity index (χ1) is 15.6. The van der Waals surface area contributed by atoms with Crippen molar-refractivity contribution < 1.29 is 47.7 Å². The van der Waals surface area contributed by atoms with E-state index in [4.69, 9.17) is 14.2 Å². The zero-order chi connectivity index (χ0) is 24.7. The maximum absolute atomic E-state index is 12.2. The largest absolute Gasteiger partial charge is 0.468 e. The van der Waals surface area contributed by atoms with Crippen LogP contribution < -0.4 is 9.80 Å². The summed E-state index contributed by atoms with van der Waals surface area (Å²) in [6, 6.07) is 2.52. The minimum absolute atomic E-state index is 0.0892. The van der Waals surface area contributed by atoms with Gasteiger partial charge >= 0.3 is 29.8 Å². The topological polar surface area (TPSA) is 146 Å². The Morgan fingerprint density at radius 2 is 1.09 bits per heavy atom. The van der Waals surface area contributed by atoms with Gasteiger partial charge in [0.1, 0.15) is 19.6 Å². The van der Waals surface area contributed by atoms with Crippen molar-refractivity contribution in [3.05, 3.63) is 23.3 Å². The van der Waals surface area contributed by atoms with Crippen molar-refractivity contribution in [3.63, 3.8) is 0 Å². The van der Waals surface area contributed by atoms with E-state index in [0.29, 0.717) is 0 Å². The van der Waals surface area contributed by atoms with Crippen LogP contribution in [-0.2, 0) is 38.1 Å². The van der Waals surface area contributed by atoms with Crippen LogP contribution in [0.5, 0.6) is 0 Å². The number of carbonyl (C=O) groups excluding carboxylic acids is 6. The number of anilines is 2. The number of Topliss-reactive ketones (excluding diaryl/α,β-unsaturated/α-hetero) is 1. The number of methoxy groups -OCH3 is 3. The number of rotatable bonds is 11. The van der Waals surface area contributed by atoms with Gasteiger partial charge in [0.2, 0.25) is 0 Å². The van der Waals surface area contributed by atoms with E-state index in [0.717, 1.165) is 14.2 Å². The Hall–Kier alpha value is -3.96. The second-order valence-corrected chi connectivity index (χ2v) is 6.90. The predicted octanol–water partition coefficient (Wildman–Crippen LogP) is 0.108. The molecule has 0 unspecified atom stereocenters. The minimum Gasteiger partial charge on any atom is -0.468 e. The molecule has 1 heterocycles. The average Bonchev–Trinajstić information content (AvgIpc) is 3.09. The predicted molar refractivity (Wildman–Crippen MR) is 112 cm³/mol. The van der Waals surface area contributed by atoms with Crippen LogP contribution in [0.25, 0.3) is 0 Å². The average molecular weight is 464 g/mol. The molecule has 12 heteroatoms. The number of benzene rings is 1. The molecule has 1 aromatic carbocycles. The highest BCUT2D eigenvalue weighted by Gasteiger charge is 2.34. The molecular weight excluding hydrogens is 440 g/mol. The van der Waals surface area contributed by atoms with E-state index in [1.54, 1.807) is 6.92 Å². The number of ketones is 1. The van der Waals surface area contributed by atoms with Crippen molar-refractivity contribution in [3.8, 4) is 0 Å². The lowest BCUT2D eigenvalue weighted by atomic mass is 10.0. The van der Waals surface area contributed by atoms with E-state index in [2.05, 4.69) is 4.74 Å². The Balaban J connectivity index is 2.72. The molecule has 0 amide bonds. The molecule has 12 nitrogen and oxygen atoms in total. The molecule has 0 bridgehead atoms. The molecule has 0 N–H and O–H groups in total. The number of carbonyl (C=O) groups is 6. The molecule has 33 heavy (non-hydrogen) atoms. The molecule has 0 aromatic heterocycles. The Bertz CT molecular complexity index is 875. The molecule has 0 fully saturated rings. The summed E-state index contributed by atoms with van der Waals surface area (Å²) in [6.07, 6.45) is 0.159. The second-order valence-electron chi connectivity index (χ2n) is 6.90. The van der Waals surface area contributed by atoms with E-state index < -0.39 is 42.9 Å². The van der Waals surface area contributed by atoms with Crippen LogP contribution in [0.15, 0.2) is 12.1 Å². The quantitative estimate of drug-likeness (QED) is 0.249. The van der Waals surface area contributed by atoms with E-state index in [9.17, 15) is 28.8 Å². The molecular formula is C21H24N2O10. The summed E-state index contributed by atoms with van der Waals surface area (Å²) in [5, 5.41) is 0. The highest BCUT2D eigenvalue weighted by Crippen LogP contribution is 2.36. The number of nitrogens with zero attached hydrogens (tertiary/aromatic N) is 2. The third-order valence-electron chi connectivity index (χ3n) is 4.83. The molecule has 0 aliphatic carbocycles. The van der Waals surface area contributed by atoms with Crippen molar-refractivity contribution in [1.82, 2.24) is 0 Å². The standard InChI is InChI=1S/C21H24N2O10/c1-5-12(24)8-22(9-17(25)30-2)15-6-13-14(21(29)33-20(13)28)7-16(15)23(10-18(26)31-3)11-19(27)32-4/h6-7H,5,8-11H2,1-4H3. The SMILES string of the molecule is CCC(=O)CN(CC(=O)OC)c1cc2c(cc1N(CC(=O)OC)CC(=O)OC)C(=O)OC2=O. The Morgan fingerprint density at radius 1 is 0.727 bits per heavy atom. The highest BCUT2D eigenvalue weighted by molar-refractivity contribution is 6.16. The summed E-state index contributed by atoms with van der Waals surface area (Å²) >= 11 is 0. The van der Waals surface area contributed by atoms with Gasteiger partial charge in [0.15, 0.2) is 5.78 Å². The Morgan fingerprint density at radius 3 is 1.42 bits per heavy atom. The zero-order valence-corrected chi connectivity index (χ0v) is 18.7. The Kier molecular flexibility index (Phi) is 8.49. The first-order valence-corrected chi connectivity index (χ1v) is 9.81. The molecule has 178 valence electrons. The zero-order valence-electron chi connectivity index (χ0n) is 18.7. The van der Waals surface area contributed by atoms with E-state index in [-0.39, 0.29) is 47.8 Å². The fourth-order valence-electron chi connectivity index (χ4n) is 3.05. The number of cyclic esters (lactones) is 2. The maximum Gasteiger partial charge on any atom is 0.346 e. The molecule has 1 aromatic rings. The summed E-state index contributed by atoms with van der Waals surface area (Å²) in [7, 11) is 3.48. The number of hydrogen-bond donors (Lipinski definition) is 0. The van der Waals surface area contributed by atoms with Gasteiger partial charge in [0, 0.05) is 6.42 Å². The summed E-state index contributed by atoms with van der Waals surface area (Å²) in [5.74, 6) is -4.17. The van der Waals surface area contributed by atoms with E-state index in [1.165, 1.54) is 29.0 Å². The molecule has 0 saturated carbocycles. The van der Waals surface area contributed by atoms with Crippen LogP contribution in [0, 0.1) is 0 Å². The molecule has 1 aliphatic heterocycles. The Labute approximate surface area is 189 Å². The fraction of sp³-hybridized carbons (Fsp3) is 0.429. The van der Waals surface area contributed by atoms with Crippen molar-refractivity contribution >= 4 is 47.0 Å². The number of hydrogen-bond acceptors (Lipinski definition) is 12. The molecule has 1 aliphatic rings. The summed E-state index contributed by atoms with van der Waals surface area (Å²) in [5.41, 5.74) is 0.0383. The monoisotopic (exact) mass is 464 g/mol. The number of esters is 5. The van der Waals surface area contributed by atoms with Crippen molar-refractivity contribution in [2.24, 2.45) is 0 Å². The minimum atomic E-state index is -0.914. The van der Waals surface area contributed by atoms with E-state index >= 15 is 0 Å². The number of ether oxygens (including phenoxy) is 4.